The molecule has 0 atom stereocenters. The van der Waals surface area contributed by atoms with E-state index < -0.39 is 0 Å². The van der Waals surface area contributed by atoms with Gasteiger partial charge in [-0.25, -0.2) is 4.79 Å². The standard InChI is InChI=1S/C11H14N2O2S/c14-9-3-1-2-4-10(9)16-8-7-13-6-5-12-11(13)15/h1-4,14H,5-8H2,(H,12,15). The summed E-state index contributed by atoms with van der Waals surface area (Å²) in [7, 11) is 0. The average molecular weight is 238 g/mol. The average Bonchev–Trinajstić information content (AvgIpc) is 2.67. The second-order valence-corrected chi connectivity index (χ2v) is 4.67. The van der Waals surface area contributed by atoms with Crippen LogP contribution in [0.3, 0.4) is 0 Å². The molecule has 1 fully saturated rings. The number of hydrogen-bond acceptors (Lipinski definition) is 3. The van der Waals surface area contributed by atoms with E-state index in [-0.39, 0.29) is 6.03 Å². The fourth-order valence-corrected chi connectivity index (χ4v) is 2.49. The third kappa shape index (κ3) is 2.61. The summed E-state index contributed by atoms with van der Waals surface area (Å²) in [6, 6.07) is 7.25. The molecule has 0 unspecified atom stereocenters. The molecule has 16 heavy (non-hydrogen) atoms. The Hall–Kier alpha value is -1.36. The maximum Gasteiger partial charge on any atom is 0.317 e. The van der Waals surface area contributed by atoms with Crippen LogP contribution >= 0.6 is 11.8 Å². The normalized spacial score (nSPS) is 15.2. The minimum absolute atomic E-state index is 0.0119. The van der Waals surface area contributed by atoms with Crippen molar-refractivity contribution in [3.8, 4) is 5.75 Å². The van der Waals surface area contributed by atoms with Crippen LogP contribution in [-0.2, 0) is 0 Å². The lowest BCUT2D eigenvalue weighted by Crippen LogP contribution is -2.30. The van der Waals surface area contributed by atoms with Crippen LogP contribution in [-0.4, -0.2) is 41.4 Å². The molecule has 86 valence electrons. The molecular weight excluding hydrogens is 224 g/mol. The number of para-hydroxylation sites is 1. The molecule has 0 radical (unpaired) electrons. The molecule has 2 N–H and O–H groups in total. The molecule has 1 aromatic rings. The summed E-state index contributed by atoms with van der Waals surface area (Å²) in [5.74, 6) is 1.10. The van der Waals surface area contributed by atoms with Crippen LogP contribution in [0.2, 0.25) is 0 Å². The fraction of sp³-hybridized carbons (Fsp3) is 0.364. The molecule has 2 amide bonds. The highest BCUT2D eigenvalue weighted by atomic mass is 32.2. The molecule has 1 aromatic carbocycles. The summed E-state index contributed by atoms with van der Waals surface area (Å²) in [4.78, 5) is 13.9. The Morgan fingerprint density at radius 2 is 2.25 bits per heavy atom. The number of nitrogens with one attached hydrogen (secondary N) is 1. The summed E-state index contributed by atoms with van der Waals surface area (Å²) >= 11 is 1.56. The molecule has 1 saturated heterocycles. The van der Waals surface area contributed by atoms with Crippen LogP contribution in [0.1, 0.15) is 0 Å². The van der Waals surface area contributed by atoms with E-state index in [1.165, 1.54) is 0 Å². The van der Waals surface area contributed by atoms with E-state index in [1.54, 1.807) is 28.8 Å². The zero-order valence-corrected chi connectivity index (χ0v) is 9.67. The first kappa shape index (κ1) is 11.1. The van der Waals surface area contributed by atoms with Crippen molar-refractivity contribution in [1.82, 2.24) is 10.2 Å². The second kappa shape index (κ2) is 5.12. The van der Waals surface area contributed by atoms with E-state index in [9.17, 15) is 9.90 Å². The Morgan fingerprint density at radius 3 is 2.94 bits per heavy atom. The molecule has 0 spiro atoms. The third-order valence-corrected chi connectivity index (χ3v) is 3.47. The Bertz CT molecular complexity index is 384. The molecule has 0 bridgehead atoms. The number of urea groups is 1. The topological polar surface area (TPSA) is 52.6 Å². The van der Waals surface area contributed by atoms with Crippen molar-refractivity contribution in [2.45, 2.75) is 4.90 Å². The first-order valence-corrected chi connectivity index (χ1v) is 6.19. The summed E-state index contributed by atoms with van der Waals surface area (Å²) in [6.07, 6.45) is 0. The van der Waals surface area contributed by atoms with E-state index in [0.29, 0.717) is 12.3 Å². The number of benzene rings is 1. The van der Waals surface area contributed by atoms with Crippen molar-refractivity contribution in [2.75, 3.05) is 25.4 Å². The van der Waals surface area contributed by atoms with Gasteiger partial charge in [0.15, 0.2) is 0 Å². The predicted molar refractivity (Wildman–Crippen MR) is 63.8 cm³/mol. The zero-order chi connectivity index (χ0) is 11.4. The van der Waals surface area contributed by atoms with Gasteiger partial charge in [-0.3, -0.25) is 0 Å². The minimum Gasteiger partial charge on any atom is -0.507 e. The number of carbonyl (C=O) groups excluding carboxylic acids is 1. The largest absolute Gasteiger partial charge is 0.507 e. The van der Waals surface area contributed by atoms with Gasteiger partial charge < -0.3 is 15.3 Å². The van der Waals surface area contributed by atoms with Crippen molar-refractivity contribution < 1.29 is 9.90 Å². The smallest absolute Gasteiger partial charge is 0.317 e. The molecule has 1 heterocycles. The number of aromatic hydroxyl groups is 1. The third-order valence-electron chi connectivity index (χ3n) is 2.43. The van der Waals surface area contributed by atoms with Crippen LogP contribution in [0.5, 0.6) is 5.75 Å². The Labute approximate surface area is 98.6 Å². The van der Waals surface area contributed by atoms with E-state index in [1.807, 2.05) is 12.1 Å². The molecule has 1 aliphatic heterocycles. The maximum atomic E-state index is 11.2. The van der Waals surface area contributed by atoms with Crippen LogP contribution in [0.4, 0.5) is 4.79 Å². The van der Waals surface area contributed by atoms with Crippen molar-refractivity contribution in [1.29, 1.82) is 0 Å². The summed E-state index contributed by atoms with van der Waals surface area (Å²) in [5.41, 5.74) is 0. The zero-order valence-electron chi connectivity index (χ0n) is 8.85. The Morgan fingerprint density at radius 1 is 1.44 bits per heavy atom. The lowest BCUT2D eigenvalue weighted by molar-refractivity contribution is 0.220. The molecule has 2 rings (SSSR count). The van der Waals surface area contributed by atoms with Gasteiger partial charge in [0.1, 0.15) is 5.75 Å². The van der Waals surface area contributed by atoms with Gasteiger partial charge >= 0.3 is 6.03 Å². The number of thioether (sulfide) groups is 1. The van der Waals surface area contributed by atoms with E-state index in [4.69, 9.17) is 0 Å². The number of carbonyl (C=O) groups is 1. The van der Waals surface area contributed by atoms with E-state index >= 15 is 0 Å². The summed E-state index contributed by atoms with van der Waals surface area (Å²) in [6.45, 7) is 2.23. The second-order valence-electron chi connectivity index (χ2n) is 3.54. The number of hydrogen-bond donors (Lipinski definition) is 2. The number of amides is 2. The maximum absolute atomic E-state index is 11.2. The van der Waals surface area contributed by atoms with Gasteiger partial charge in [0, 0.05) is 30.3 Å². The van der Waals surface area contributed by atoms with Crippen LogP contribution < -0.4 is 5.32 Å². The van der Waals surface area contributed by atoms with Gasteiger partial charge in [-0.05, 0) is 12.1 Å². The van der Waals surface area contributed by atoms with Gasteiger partial charge in [-0.2, -0.15) is 0 Å². The number of phenolic OH excluding ortho intramolecular Hbond substituents is 1. The molecular formula is C11H14N2O2S. The highest BCUT2D eigenvalue weighted by Gasteiger charge is 2.18. The first-order chi connectivity index (χ1) is 7.77. The van der Waals surface area contributed by atoms with Gasteiger partial charge in [-0.15, -0.1) is 11.8 Å². The molecule has 4 nitrogen and oxygen atoms in total. The fourth-order valence-electron chi connectivity index (χ4n) is 1.57. The minimum atomic E-state index is 0.0119. The van der Waals surface area contributed by atoms with Gasteiger partial charge in [0.2, 0.25) is 0 Å². The van der Waals surface area contributed by atoms with Gasteiger partial charge in [0.05, 0.1) is 0 Å². The van der Waals surface area contributed by atoms with Crippen molar-refractivity contribution in [3.05, 3.63) is 24.3 Å². The van der Waals surface area contributed by atoms with Crippen molar-refractivity contribution in [3.63, 3.8) is 0 Å². The number of phenols is 1. The Balaban J connectivity index is 1.80. The van der Waals surface area contributed by atoms with E-state index in [2.05, 4.69) is 5.32 Å². The molecule has 0 saturated carbocycles. The van der Waals surface area contributed by atoms with Crippen LogP contribution in [0.15, 0.2) is 29.2 Å². The quantitative estimate of drug-likeness (QED) is 0.782. The van der Waals surface area contributed by atoms with Gasteiger partial charge in [-0.1, -0.05) is 12.1 Å². The molecule has 5 heteroatoms. The van der Waals surface area contributed by atoms with Crippen LogP contribution in [0.25, 0.3) is 0 Å². The number of rotatable bonds is 4. The van der Waals surface area contributed by atoms with E-state index in [0.717, 1.165) is 23.7 Å². The molecule has 0 aromatic heterocycles. The monoisotopic (exact) mass is 238 g/mol. The highest BCUT2D eigenvalue weighted by Crippen LogP contribution is 2.27. The lowest BCUT2D eigenvalue weighted by atomic mass is 10.3. The molecule has 0 aliphatic carbocycles. The summed E-state index contributed by atoms with van der Waals surface area (Å²) in [5, 5.41) is 12.3. The predicted octanol–water partition coefficient (Wildman–Crippen LogP) is 1.51. The SMILES string of the molecule is O=C1NCCN1CCSc1ccccc1O. The lowest BCUT2D eigenvalue weighted by Gasteiger charge is -2.13. The molecule has 1 aliphatic rings. The number of nitrogens with zero attached hydrogens (tertiary/aromatic N) is 1. The van der Waals surface area contributed by atoms with Crippen LogP contribution in [0, 0.1) is 0 Å². The first-order valence-electron chi connectivity index (χ1n) is 5.21. The Kier molecular flexibility index (Phi) is 3.56. The van der Waals surface area contributed by atoms with Crippen molar-refractivity contribution in [2.24, 2.45) is 0 Å². The van der Waals surface area contributed by atoms with Crippen molar-refractivity contribution >= 4 is 17.8 Å². The van der Waals surface area contributed by atoms with Gasteiger partial charge in [0.25, 0.3) is 0 Å². The highest BCUT2D eigenvalue weighted by molar-refractivity contribution is 7.99. The summed E-state index contributed by atoms with van der Waals surface area (Å²) < 4.78 is 0.